The zero-order chi connectivity index (χ0) is 13.9. The largest absolute Gasteiger partial charge is 0.381 e. The molecule has 5 heteroatoms. The molecule has 5 nitrogen and oxygen atoms in total. The van der Waals surface area contributed by atoms with E-state index in [4.69, 9.17) is 4.74 Å². The summed E-state index contributed by atoms with van der Waals surface area (Å²) in [6, 6.07) is 2.12. The minimum absolute atomic E-state index is 0.425. The molecule has 0 radical (unpaired) electrons. The molecule has 1 N–H and O–H groups in total. The van der Waals surface area contributed by atoms with E-state index in [1.807, 2.05) is 10.7 Å². The van der Waals surface area contributed by atoms with Gasteiger partial charge in [-0.15, -0.1) is 0 Å². The minimum atomic E-state index is 0.425. The quantitative estimate of drug-likeness (QED) is 0.931. The Morgan fingerprint density at radius 1 is 1.50 bits per heavy atom. The van der Waals surface area contributed by atoms with Gasteiger partial charge in [-0.1, -0.05) is 13.8 Å². The fourth-order valence-corrected chi connectivity index (χ4v) is 2.57. The van der Waals surface area contributed by atoms with E-state index in [-0.39, 0.29) is 0 Å². The average Bonchev–Trinajstić information content (AvgIpc) is 2.91. The second-order valence-corrected chi connectivity index (χ2v) is 5.79. The summed E-state index contributed by atoms with van der Waals surface area (Å²) >= 11 is 0. The number of fused-ring (bicyclic) bond motifs is 1. The van der Waals surface area contributed by atoms with Crippen molar-refractivity contribution in [3.05, 3.63) is 24.2 Å². The van der Waals surface area contributed by atoms with Crippen molar-refractivity contribution in [3.63, 3.8) is 0 Å². The third-order valence-corrected chi connectivity index (χ3v) is 3.81. The molecule has 1 atom stereocenters. The number of nitrogens with zero attached hydrogens (tertiary/aromatic N) is 3. The molecule has 20 heavy (non-hydrogen) atoms. The number of hydrogen-bond donors (Lipinski definition) is 1. The lowest BCUT2D eigenvalue weighted by Gasteiger charge is -2.22. The van der Waals surface area contributed by atoms with Crippen LogP contribution in [-0.4, -0.2) is 34.4 Å². The van der Waals surface area contributed by atoms with Crippen LogP contribution in [0.15, 0.2) is 18.5 Å². The maximum atomic E-state index is 5.52. The molecule has 1 unspecified atom stereocenters. The van der Waals surface area contributed by atoms with E-state index in [2.05, 4.69) is 35.3 Å². The topological polar surface area (TPSA) is 51.5 Å². The first-order valence-corrected chi connectivity index (χ1v) is 7.40. The van der Waals surface area contributed by atoms with Crippen LogP contribution in [0.3, 0.4) is 0 Å². The highest BCUT2D eigenvalue weighted by atomic mass is 16.5. The molecular weight excluding hydrogens is 252 g/mol. The Labute approximate surface area is 119 Å². The predicted octanol–water partition coefficient (Wildman–Crippen LogP) is 2.69. The van der Waals surface area contributed by atoms with Crippen molar-refractivity contribution >= 4 is 11.3 Å². The molecular formula is C15H22N4O. The first-order valence-electron chi connectivity index (χ1n) is 7.40. The fourth-order valence-electron chi connectivity index (χ4n) is 2.57. The second kappa shape index (κ2) is 5.79. The summed E-state index contributed by atoms with van der Waals surface area (Å²) in [6.45, 7) is 6.98. The van der Waals surface area contributed by atoms with Crippen LogP contribution in [0.5, 0.6) is 0 Å². The van der Waals surface area contributed by atoms with Gasteiger partial charge in [-0.05, 0) is 30.7 Å². The highest BCUT2D eigenvalue weighted by molar-refractivity contribution is 5.67. The fraction of sp³-hybridized carbons (Fsp3) is 0.600. The van der Waals surface area contributed by atoms with Gasteiger partial charge in [-0.3, -0.25) is 0 Å². The predicted molar refractivity (Wildman–Crippen MR) is 79.1 cm³/mol. The summed E-state index contributed by atoms with van der Waals surface area (Å²) in [5.41, 5.74) is 2.15. The van der Waals surface area contributed by atoms with Crippen molar-refractivity contribution in [1.29, 1.82) is 0 Å². The van der Waals surface area contributed by atoms with Gasteiger partial charge in [0.05, 0.1) is 12.3 Å². The van der Waals surface area contributed by atoms with Gasteiger partial charge in [0, 0.05) is 25.5 Å². The van der Waals surface area contributed by atoms with E-state index in [0.717, 1.165) is 43.2 Å². The van der Waals surface area contributed by atoms with Gasteiger partial charge < -0.3 is 10.1 Å². The van der Waals surface area contributed by atoms with Gasteiger partial charge in [0.2, 0.25) is 0 Å². The van der Waals surface area contributed by atoms with E-state index in [1.165, 1.54) is 6.42 Å². The Kier molecular flexibility index (Phi) is 3.87. The van der Waals surface area contributed by atoms with Crippen LogP contribution in [0.25, 0.3) is 5.52 Å². The van der Waals surface area contributed by atoms with E-state index in [1.54, 1.807) is 6.20 Å². The molecule has 1 aliphatic heterocycles. The summed E-state index contributed by atoms with van der Waals surface area (Å²) in [4.78, 5) is 4.45. The highest BCUT2D eigenvalue weighted by Gasteiger charge is 2.15. The zero-order valence-corrected chi connectivity index (χ0v) is 12.2. The van der Waals surface area contributed by atoms with Crippen LogP contribution in [0.2, 0.25) is 0 Å². The van der Waals surface area contributed by atoms with Crippen LogP contribution < -0.4 is 5.32 Å². The highest BCUT2D eigenvalue weighted by Crippen LogP contribution is 2.21. The normalized spacial score (nSPS) is 19.6. The van der Waals surface area contributed by atoms with E-state index in [9.17, 15) is 0 Å². The zero-order valence-electron chi connectivity index (χ0n) is 12.2. The Balaban J connectivity index is 1.76. The minimum Gasteiger partial charge on any atom is -0.381 e. The number of ether oxygens (including phenoxy) is 1. The molecule has 1 aliphatic rings. The average molecular weight is 274 g/mol. The number of anilines is 1. The van der Waals surface area contributed by atoms with Crippen LogP contribution in [0, 0.1) is 5.92 Å². The maximum absolute atomic E-state index is 5.52. The Morgan fingerprint density at radius 2 is 2.40 bits per heavy atom. The van der Waals surface area contributed by atoms with Crippen LogP contribution >= 0.6 is 0 Å². The van der Waals surface area contributed by atoms with Crippen molar-refractivity contribution in [1.82, 2.24) is 14.6 Å². The van der Waals surface area contributed by atoms with Gasteiger partial charge in [-0.2, -0.15) is 5.10 Å². The molecule has 108 valence electrons. The SMILES string of the molecule is CC(C)c1cc2c(NCC3CCCOC3)nccn2n1. The van der Waals surface area contributed by atoms with Crippen molar-refractivity contribution in [2.24, 2.45) is 5.92 Å². The molecule has 2 aromatic heterocycles. The molecule has 0 amide bonds. The van der Waals surface area contributed by atoms with Crippen LogP contribution in [0.4, 0.5) is 5.82 Å². The van der Waals surface area contributed by atoms with Gasteiger partial charge in [0.15, 0.2) is 5.82 Å². The number of nitrogens with one attached hydrogen (secondary N) is 1. The molecule has 2 aromatic rings. The van der Waals surface area contributed by atoms with Gasteiger partial charge >= 0.3 is 0 Å². The van der Waals surface area contributed by atoms with Crippen molar-refractivity contribution in [2.45, 2.75) is 32.6 Å². The van der Waals surface area contributed by atoms with Crippen molar-refractivity contribution < 1.29 is 4.74 Å². The van der Waals surface area contributed by atoms with Gasteiger partial charge in [0.25, 0.3) is 0 Å². The third kappa shape index (κ3) is 2.77. The monoisotopic (exact) mass is 274 g/mol. The first kappa shape index (κ1) is 13.4. The van der Waals surface area contributed by atoms with Crippen molar-refractivity contribution in [3.8, 4) is 0 Å². The second-order valence-electron chi connectivity index (χ2n) is 5.79. The molecule has 3 heterocycles. The van der Waals surface area contributed by atoms with Crippen LogP contribution in [-0.2, 0) is 4.74 Å². The van der Waals surface area contributed by atoms with Crippen LogP contribution in [0.1, 0.15) is 38.3 Å². The molecule has 0 spiro atoms. The standard InChI is InChI=1S/C15H22N4O/c1-11(2)13-8-14-15(16-5-6-19(14)18-13)17-9-12-4-3-7-20-10-12/h5-6,8,11-12H,3-4,7,9-10H2,1-2H3,(H,16,17). The maximum Gasteiger partial charge on any atom is 0.152 e. The summed E-state index contributed by atoms with van der Waals surface area (Å²) in [6.07, 6.45) is 6.08. The number of hydrogen-bond acceptors (Lipinski definition) is 4. The lowest BCUT2D eigenvalue weighted by molar-refractivity contribution is 0.0595. The number of rotatable bonds is 4. The van der Waals surface area contributed by atoms with E-state index < -0.39 is 0 Å². The lowest BCUT2D eigenvalue weighted by atomic mass is 10.0. The van der Waals surface area contributed by atoms with Gasteiger partial charge in [0.1, 0.15) is 5.52 Å². The summed E-state index contributed by atoms with van der Waals surface area (Å²) in [5, 5.41) is 8.04. The van der Waals surface area contributed by atoms with E-state index in [0.29, 0.717) is 11.8 Å². The summed E-state index contributed by atoms with van der Waals surface area (Å²) in [7, 11) is 0. The Morgan fingerprint density at radius 3 is 3.15 bits per heavy atom. The smallest absolute Gasteiger partial charge is 0.152 e. The number of aromatic nitrogens is 3. The third-order valence-electron chi connectivity index (χ3n) is 3.81. The molecule has 0 aliphatic carbocycles. The molecule has 3 rings (SSSR count). The first-order chi connectivity index (χ1) is 9.74. The molecule has 1 saturated heterocycles. The molecule has 1 fully saturated rings. The summed E-state index contributed by atoms with van der Waals surface area (Å²) in [5.74, 6) is 1.92. The van der Waals surface area contributed by atoms with Crippen molar-refractivity contribution in [2.75, 3.05) is 25.1 Å². The Bertz CT molecular complexity index is 572. The summed E-state index contributed by atoms with van der Waals surface area (Å²) < 4.78 is 7.42. The lowest BCUT2D eigenvalue weighted by Crippen LogP contribution is -2.24. The molecule has 0 aromatic carbocycles. The molecule has 0 saturated carbocycles. The van der Waals surface area contributed by atoms with E-state index >= 15 is 0 Å². The Hall–Kier alpha value is -1.62. The molecule has 0 bridgehead atoms. The van der Waals surface area contributed by atoms with Gasteiger partial charge in [-0.25, -0.2) is 9.50 Å².